The van der Waals surface area contributed by atoms with E-state index in [-0.39, 0.29) is 5.91 Å². The Morgan fingerprint density at radius 3 is 2.95 bits per heavy atom. The fourth-order valence-corrected chi connectivity index (χ4v) is 2.13. The molecule has 1 aromatic carbocycles. The number of amides is 1. The normalized spacial score (nSPS) is 10.6. The topological polar surface area (TPSA) is 70.7 Å². The summed E-state index contributed by atoms with van der Waals surface area (Å²) < 4.78 is 0. The minimum Gasteiger partial charge on any atom is -0.352 e. The molecule has 2 aromatic heterocycles. The van der Waals surface area contributed by atoms with E-state index in [1.54, 1.807) is 12.4 Å². The van der Waals surface area contributed by atoms with Crippen LogP contribution in [-0.2, 0) is 6.42 Å². The summed E-state index contributed by atoms with van der Waals surface area (Å²) in [6, 6.07) is 11.2. The molecule has 0 aliphatic rings. The number of H-pyrrole nitrogens is 1. The Kier molecular flexibility index (Phi) is 3.41. The van der Waals surface area contributed by atoms with Gasteiger partial charge < -0.3 is 5.32 Å². The molecule has 2 N–H and O–H groups in total. The summed E-state index contributed by atoms with van der Waals surface area (Å²) in [7, 11) is 0. The van der Waals surface area contributed by atoms with Crippen molar-refractivity contribution in [3.63, 3.8) is 0 Å². The summed E-state index contributed by atoms with van der Waals surface area (Å²) in [4.78, 5) is 16.5. The van der Waals surface area contributed by atoms with Gasteiger partial charge in [-0.15, -0.1) is 0 Å². The van der Waals surface area contributed by atoms with Crippen LogP contribution in [-0.4, -0.2) is 27.6 Å². The van der Waals surface area contributed by atoms with Gasteiger partial charge in [0, 0.05) is 42.0 Å². The van der Waals surface area contributed by atoms with Crippen molar-refractivity contribution in [2.75, 3.05) is 6.54 Å². The van der Waals surface area contributed by atoms with Crippen molar-refractivity contribution in [3.05, 3.63) is 60.0 Å². The molecule has 2 heterocycles. The molecule has 100 valence electrons. The molecule has 0 radical (unpaired) electrons. The smallest absolute Gasteiger partial charge is 0.251 e. The molecule has 1 amide bonds. The molecular weight excluding hydrogens is 252 g/mol. The van der Waals surface area contributed by atoms with Crippen LogP contribution in [0.5, 0.6) is 0 Å². The number of aromatic amines is 1. The number of pyridine rings is 1. The molecule has 0 unspecified atom stereocenters. The molecule has 0 saturated carbocycles. The molecule has 0 atom stereocenters. The van der Waals surface area contributed by atoms with E-state index < -0.39 is 0 Å². The molecule has 3 aromatic rings. The van der Waals surface area contributed by atoms with Crippen LogP contribution in [0.4, 0.5) is 0 Å². The molecule has 0 aliphatic heterocycles. The van der Waals surface area contributed by atoms with Crippen LogP contribution < -0.4 is 5.32 Å². The van der Waals surface area contributed by atoms with E-state index in [4.69, 9.17) is 0 Å². The van der Waals surface area contributed by atoms with Crippen molar-refractivity contribution in [3.8, 4) is 0 Å². The first-order chi connectivity index (χ1) is 9.84. The maximum absolute atomic E-state index is 12.2. The summed E-state index contributed by atoms with van der Waals surface area (Å²) in [5.74, 6) is -0.0804. The number of aromatic nitrogens is 3. The molecule has 5 nitrogen and oxygen atoms in total. The molecule has 0 fully saturated rings. The van der Waals surface area contributed by atoms with E-state index in [1.807, 2.05) is 36.4 Å². The maximum Gasteiger partial charge on any atom is 0.251 e. The SMILES string of the molecule is O=C(NCCc1ccn[nH]1)c1cccc2ncccc12. The van der Waals surface area contributed by atoms with Gasteiger partial charge in [0.2, 0.25) is 0 Å². The molecular formula is C15H14N4O. The van der Waals surface area contributed by atoms with Crippen molar-refractivity contribution < 1.29 is 4.79 Å². The zero-order chi connectivity index (χ0) is 13.8. The molecule has 20 heavy (non-hydrogen) atoms. The van der Waals surface area contributed by atoms with Crippen molar-refractivity contribution in [2.24, 2.45) is 0 Å². The second-order valence-electron chi connectivity index (χ2n) is 4.46. The van der Waals surface area contributed by atoms with Crippen LogP contribution in [0.25, 0.3) is 10.9 Å². The third-order valence-electron chi connectivity index (χ3n) is 3.13. The Balaban J connectivity index is 1.72. The lowest BCUT2D eigenvalue weighted by Crippen LogP contribution is -2.26. The summed E-state index contributed by atoms with van der Waals surface area (Å²) in [5, 5.41) is 10.5. The number of fused-ring (bicyclic) bond motifs is 1. The van der Waals surface area contributed by atoms with Gasteiger partial charge in [0.25, 0.3) is 5.91 Å². The van der Waals surface area contributed by atoms with E-state index in [0.29, 0.717) is 12.1 Å². The Morgan fingerprint density at radius 1 is 1.15 bits per heavy atom. The number of benzene rings is 1. The second-order valence-corrected chi connectivity index (χ2v) is 4.46. The maximum atomic E-state index is 12.2. The first kappa shape index (κ1) is 12.3. The van der Waals surface area contributed by atoms with Gasteiger partial charge in [-0.05, 0) is 24.3 Å². The van der Waals surface area contributed by atoms with E-state index in [9.17, 15) is 4.79 Å². The highest BCUT2D eigenvalue weighted by Gasteiger charge is 2.09. The van der Waals surface area contributed by atoms with E-state index in [2.05, 4.69) is 20.5 Å². The first-order valence-electron chi connectivity index (χ1n) is 6.45. The predicted octanol–water partition coefficient (Wildman–Crippen LogP) is 1.93. The van der Waals surface area contributed by atoms with Gasteiger partial charge in [0.1, 0.15) is 0 Å². The lowest BCUT2D eigenvalue weighted by atomic mass is 10.1. The average molecular weight is 266 g/mol. The number of nitrogens with zero attached hydrogens (tertiary/aromatic N) is 2. The number of hydrogen-bond donors (Lipinski definition) is 2. The molecule has 0 spiro atoms. The molecule has 0 aliphatic carbocycles. The molecule has 0 saturated heterocycles. The number of carbonyl (C=O) groups is 1. The Hall–Kier alpha value is -2.69. The standard InChI is InChI=1S/C15H14N4O/c20-15(17-9-6-11-7-10-18-19-11)13-3-1-5-14-12(13)4-2-8-16-14/h1-5,7-8,10H,6,9H2,(H,17,20)(H,18,19). The van der Waals surface area contributed by atoms with Gasteiger partial charge in [0.15, 0.2) is 0 Å². The third kappa shape index (κ3) is 2.51. The highest BCUT2D eigenvalue weighted by Crippen LogP contribution is 2.16. The van der Waals surface area contributed by atoms with Gasteiger partial charge in [-0.25, -0.2) is 0 Å². The number of hydrogen-bond acceptors (Lipinski definition) is 3. The van der Waals surface area contributed by atoms with Crippen molar-refractivity contribution >= 4 is 16.8 Å². The number of carbonyl (C=O) groups excluding carboxylic acids is 1. The largest absolute Gasteiger partial charge is 0.352 e. The van der Waals surface area contributed by atoms with Crippen molar-refractivity contribution in [1.82, 2.24) is 20.5 Å². The second kappa shape index (κ2) is 5.52. The van der Waals surface area contributed by atoms with Crippen LogP contribution in [0.1, 0.15) is 16.1 Å². The molecule has 5 heteroatoms. The third-order valence-corrected chi connectivity index (χ3v) is 3.13. The summed E-state index contributed by atoms with van der Waals surface area (Å²) in [5.41, 5.74) is 2.49. The van der Waals surface area contributed by atoms with E-state index in [0.717, 1.165) is 23.0 Å². The zero-order valence-corrected chi connectivity index (χ0v) is 10.8. The minimum atomic E-state index is -0.0804. The fraction of sp³-hybridized carbons (Fsp3) is 0.133. The fourth-order valence-electron chi connectivity index (χ4n) is 2.13. The van der Waals surface area contributed by atoms with Crippen LogP contribution in [0, 0.1) is 0 Å². The Labute approximate surface area is 116 Å². The molecule has 0 bridgehead atoms. The predicted molar refractivity (Wildman–Crippen MR) is 76.4 cm³/mol. The van der Waals surface area contributed by atoms with Gasteiger partial charge in [-0.2, -0.15) is 5.10 Å². The summed E-state index contributed by atoms with van der Waals surface area (Å²) >= 11 is 0. The van der Waals surface area contributed by atoms with Crippen LogP contribution >= 0.6 is 0 Å². The van der Waals surface area contributed by atoms with Crippen LogP contribution in [0.15, 0.2) is 48.8 Å². The van der Waals surface area contributed by atoms with Gasteiger partial charge in [-0.1, -0.05) is 12.1 Å². The van der Waals surface area contributed by atoms with Crippen LogP contribution in [0.2, 0.25) is 0 Å². The Morgan fingerprint density at radius 2 is 2.10 bits per heavy atom. The van der Waals surface area contributed by atoms with E-state index >= 15 is 0 Å². The monoisotopic (exact) mass is 266 g/mol. The minimum absolute atomic E-state index is 0.0804. The highest BCUT2D eigenvalue weighted by molar-refractivity contribution is 6.06. The molecule has 3 rings (SSSR count). The van der Waals surface area contributed by atoms with Crippen molar-refractivity contribution in [2.45, 2.75) is 6.42 Å². The lowest BCUT2D eigenvalue weighted by Gasteiger charge is -2.07. The van der Waals surface area contributed by atoms with Crippen molar-refractivity contribution in [1.29, 1.82) is 0 Å². The number of nitrogens with one attached hydrogen (secondary N) is 2. The van der Waals surface area contributed by atoms with Crippen LogP contribution in [0.3, 0.4) is 0 Å². The highest BCUT2D eigenvalue weighted by atomic mass is 16.1. The average Bonchev–Trinajstić information content (AvgIpc) is 3.00. The lowest BCUT2D eigenvalue weighted by molar-refractivity contribution is 0.0955. The summed E-state index contributed by atoms with van der Waals surface area (Å²) in [6.45, 7) is 0.567. The zero-order valence-electron chi connectivity index (χ0n) is 10.8. The quantitative estimate of drug-likeness (QED) is 0.758. The van der Waals surface area contributed by atoms with Gasteiger partial charge >= 0.3 is 0 Å². The first-order valence-corrected chi connectivity index (χ1v) is 6.45. The number of rotatable bonds is 4. The van der Waals surface area contributed by atoms with Gasteiger partial charge in [0.05, 0.1) is 5.52 Å². The summed E-state index contributed by atoms with van der Waals surface area (Å²) in [6.07, 6.45) is 4.16. The van der Waals surface area contributed by atoms with E-state index in [1.165, 1.54) is 0 Å². The van der Waals surface area contributed by atoms with Gasteiger partial charge in [-0.3, -0.25) is 14.9 Å². The Bertz CT molecular complexity index is 716.